The minimum atomic E-state index is -0.336. The Morgan fingerprint density at radius 2 is 1.96 bits per heavy atom. The zero-order valence-electron chi connectivity index (χ0n) is 12.9. The van der Waals surface area contributed by atoms with Crippen LogP contribution in [0.5, 0.6) is 0 Å². The molecule has 2 aromatic carbocycles. The van der Waals surface area contributed by atoms with Crippen LogP contribution >= 0.6 is 11.8 Å². The van der Waals surface area contributed by atoms with E-state index in [0.29, 0.717) is 16.1 Å². The average Bonchev–Trinajstić information content (AvgIpc) is 2.60. The van der Waals surface area contributed by atoms with Gasteiger partial charge >= 0.3 is 0 Å². The number of thioether (sulfide) groups is 1. The second-order valence-corrected chi connectivity index (χ2v) is 6.63. The maximum atomic E-state index is 13.1. The predicted octanol–water partition coefficient (Wildman–Crippen LogP) is 3.59. The van der Waals surface area contributed by atoms with Crippen LogP contribution in [0.4, 0.5) is 4.39 Å². The molecule has 1 heterocycles. The van der Waals surface area contributed by atoms with Crippen molar-refractivity contribution in [1.29, 1.82) is 5.26 Å². The van der Waals surface area contributed by atoms with Crippen molar-refractivity contribution in [2.45, 2.75) is 23.9 Å². The van der Waals surface area contributed by atoms with Crippen molar-refractivity contribution in [2.24, 2.45) is 0 Å². The van der Waals surface area contributed by atoms with E-state index in [0.717, 1.165) is 5.56 Å². The van der Waals surface area contributed by atoms with Gasteiger partial charge in [0.25, 0.3) is 5.56 Å². The van der Waals surface area contributed by atoms with Gasteiger partial charge in [0.1, 0.15) is 5.82 Å². The lowest BCUT2D eigenvalue weighted by Crippen LogP contribution is -2.24. The van der Waals surface area contributed by atoms with E-state index < -0.39 is 0 Å². The summed E-state index contributed by atoms with van der Waals surface area (Å²) in [6.45, 7) is 2.03. The molecule has 120 valence electrons. The Morgan fingerprint density at radius 3 is 2.67 bits per heavy atom. The van der Waals surface area contributed by atoms with Crippen LogP contribution in [0.1, 0.15) is 12.5 Å². The minimum Gasteiger partial charge on any atom is -0.283 e. The molecule has 24 heavy (non-hydrogen) atoms. The van der Waals surface area contributed by atoms with Gasteiger partial charge in [-0.1, -0.05) is 36.0 Å². The number of halogens is 1. The third-order valence-corrected chi connectivity index (χ3v) is 4.53. The molecule has 6 heteroatoms. The normalized spacial score (nSPS) is 12.0. The summed E-state index contributed by atoms with van der Waals surface area (Å²) in [7, 11) is 0. The monoisotopic (exact) mass is 339 g/mol. The van der Waals surface area contributed by atoms with Crippen LogP contribution in [-0.2, 0) is 6.54 Å². The second-order valence-electron chi connectivity index (χ2n) is 5.32. The van der Waals surface area contributed by atoms with E-state index in [1.165, 1.54) is 28.5 Å². The molecule has 4 nitrogen and oxygen atoms in total. The van der Waals surface area contributed by atoms with Crippen molar-refractivity contribution >= 4 is 22.7 Å². The summed E-state index contributed by atoms with van der Waals surface area (Å²) in [6.07, 6.45) is 0. The van der Waals surface area contributed by atoms with Crippen LogP contribution in [0, 0.1) is 17.1 Å². The van der Waals surface area contributed by atoms with Gasteiger partial charge in [0.05, 0.1) is 28.8 Å². The Kier molecular flexibility index (Phi) is 4.63. The van der Waals surface area contributed by atoms with E-state index in [9.17, 15) is 9.18 Å². The first-order valence-corrected chi connectivity index (χ1v) is 8.27. The Balaban J connectivity index is 2.13. The molecule has 0 N–H and O–H groups in total. The minimum absolute atomic E-state index is 0.169. The summed E-state index contributed by atoms with van der Waals surface area (Å²) < 4.78 is 14.6. The van der Waals surface area contributed by atoms with Gasteiger partial charge in [-0.3, -0.25) is 9.36 Å². The molecule has 0 aliphatic heterocycles. The van der Waals surface area contributed by atoms with Crippen molar-refractivity contribution in [1.82, 2.24) is 9.55 Å². The number of fused-ring (bicyclic) bond motifs is 1. The molecule has 0 saturated carbocycles. The van der Waals surface area contributed by atoms with E-state index in [4.69, 9.17) is 5.26 Å². The topological polar surface area (TPSA) is 58.7 Å². The lowest BCUT2D eigenvalue weighted by Gasteiger charge is -2.14. The Hall–Kier alpha value is -2.65. The summed E-state index contributed by atoms with van der Waals surface area (Å²) >= 11 is 1.24. The molecule has 0 saturated heterocycles. The van der Waals surface area contributed by atoms with Crippen LogP contribution in [0.2, 0.25) is 0 Å². The summed E-state index contributed by atoms with van der Waals surface area (Å²) in [5.74, 6) is -0.324. The van der Waals surface area contributed by atoms with Crippen molar-refractivity contribution in [3.8, 4) is 6.07 Å². The first-order chi connectivity index (χ1) is 11.6. The Labute approximate surface area is 142 Å². The highest BCUT2D eigenvalue weighted by atomic mass is 32.2. The summed E-state index contributed by atoms with van der Waals surface area (Å²) in [4.78, 5) is 17.4. The lowest BCUT2D eigenvalue weighted by atomic mass is 10.2. The van der Waals surface area contributed by atoms with Crippen LogP contribution in [-0.4, -0.2) is 14.8 Å². The molecule has 3 rings (SSSR count). The van der Waals surface area contributed by atoms with Crippen LogP contribution in [0.15, 0.2) is 58.5 Å². The second kappa shape index (κ2) is 6.85. The number of hydrogen-bond acceptors (Lipinski definition) is 4. The number of hydrogen-bond donors (Lipinski definition) is 0. The molecular weight excluding hydrogens is 325 g/mol. The number of nitrogens with zero attached hydrogens (tertiary/aromatic N) is 3. The van der Waals surface area contributed by atoms with Gasteiger partial charge in [-0.05, 0) is 36.8 Å². The quantitative estimate of drug-likeness (QED) is 0.538. The summed E-state index contributed by atoms with van der Waals surface area (Å²) in [5, 5.41) is 9.73. The molecule has 0 amide bonds. The molecule has 0 bridgehead atoms. The van der Waals surface area contributed by atoms with E-state index >= 15 is 0 Å². The highest BCUT2D eigenvalue weighted by molar-refractivity contribution is 8.00. The van der Waals surface area contributed by atoms with Crippen LogP contribution in [0.25, 0.3) is 10.9 Å². The number of rotatable bonds is 4. The van der Waals surface area contributed by atoms with Crippen molar-refractivity contribution < 1.29 is 4.39 Å². The molecule has 0 radical (unpaired) electrons. The highest BCUT2D eigenvalue weighted by Gasteiger charge is 2.14. The van der Waals surface area contributed by atoms with Gasteiger partial charge < -0.3 is 0 Å². The van der Waals surface area contributed by atoms with E-state index in [1.807, 2.05) is 6.07 Å². The van der Waals surface area contributed by atoms with E-state index in [1.54, 1.807) is 37.3 Å². The first kappa shape index (κ1) is 16.2. The SMILES string of the molecule is C[C@@H](C#N)Sc1nc2ccccc2c(=O)n1Cc1ccc(F)cc1. The Bertz CT molecular complexity index is 976. The van der Waals surface area contributed by atoms with Crippen molar-refractivity contribution in [2.75, 3.05) is 0 Å². The smallest absolute Gasteiger partial charge is 0.262 e. The molecule has 0 spiro atoms. The van der Waals surface area contributed by atoms with E-state index in [-0.39, 0.29) is 23.2 Å². The molecular formula is C18H14FN3OS. The maximum absolute atomic E-state index is 13.1. The zero-order valence-corrected chi connectivity index (χ0v) is 13.8. The van der Waals surface area contributed by atoms with Crippen LogP contribution in [0.3, 0.4) is 0 Å². The molecule has 0 aliphatic rings. The van der Waals surface area contributed by atoms with Crippen molar-refractivity contribution in [3.05, 3.63) is 70.3 Å². The number of aromatic nitrogens is 2. The largest absolute Gasteiger partial charge is 0.283 e. The van der Waals surface area contributed by atoms with Crippen molar-refractivity contribution in [3.63, 3.8) is 0 Å². The number of nitriles is 1. The van der Waals surface area contributed by atoms with E-state index in [2.05, 4.69) is 11.1 Å². The highest BCUT2D eigenvalue weighted by Crippen LogP contribution is 2.22. The fourth-order valence-corrected chi connectivity index (χ4v) is 3.13. The van der Waals surface area contributed by atoms with Crippen LogP contribution < -0.4 is 5.56 Å². The molecule has 1 atom stereocenters. The lowest BCUT2D eigenvalue weighted by molar-refractivity contribution is 0.622. The Morgan fingerprint density at radius 1 is 1.25 bits per heavy atom. The molecule has 0 unspecified atom stereocenters. The average molecular weight is 339 g/mol. The third kappa shape index (κ3) is 3.31. The fraction of sp³-hybridized carbons (Fsp3) is 0.167. The van der Waals surface area contributed by atoms with Gasteiger partial charge in [-0.25, -0.2) is 9.37 Å². The summed E-state index contributed by atoms with van der Waals surface area (Å²) in [5.41, 5.74) is 1.23. The molecule has 0 fully saturated rings. The van der Waals surface area contributed by atoms with Gasteiger partial charge in [0, 0.05) is 0 Å². The number of benzene rings is 2. The predicted molar refractivity (Wildman–Crippen MR) is 92.4 cm³/mol. The molecule has 1 aromatic heterocycles. The maximum Gasteiger partial charge on any atom is 0.262 e. The number of para-hydroxylation sites is 1. The van der Waals surface area contributed by atoms with Gasteiger partial charge in [0.15, 0.2) is 5.16 Å². The molecule has 0 aliphatic carbocycles. The third-order valence-electron chi connectivity index (χ3n) is 3.54. The molecule has 3 aromatic rings. The van der Waals surface area contributed by atoms with Gasteiger partial charge in [0.2, 0.25) is 0 Å². The standard InChI is InChI=1S/C18H14FN3OS/c1-12(10-20)24-18-21-16-5-3-2-4-15(16)17(23)22(18)11-13-6-8-14(19)9-7-13/h2-9,12H,11H2,1H3/t12-/m0/s1. The summed E-state index contributed by atoms with van der Waals surface area (Å²) in [6, 6.07) is 15.3. The fourth-order valence-electron chi connectivity index (χ4n) is 2.33. The van der Waals surface area contributed by atoms with Gasteiger partial charge in [-0.2, -0.15) is 5.26 Å². The van der Waals surface area contributed by atoms with Gasteiger partial charge in [-0.15, -0.1) is 0 Å². The zero-order chi connectivity index (χ0) is 17.1. The first-order valence-electron chi connectivity index (χ1n) is 7.39.